The van der Waals surface area contributed by atoms with Crippen molar-refractivity contribution in [1.29, 1.82) is 0 Å². The third kappa shape index (κ3) is 7.00. The lowest BCUT2D eigenvalue weighted by atomic mass is 9.78. The molecule has 0 N–H and O–H groups in total. The van der Waals surface area contributed by atoms with Gasteiger partial charge in [0.05, 0.1) is 13.2 Å². The summed E-state index contributed by atoms with van der Waals surface area (Å²) < 4.78 is 55.8. The molecule has 1 aliphatic rings. The molecule has 2 nitrogen and oxygen atoms in total. The number of halogens is 3. The number of allylic oxidation sites excluding steroid dienone is 1. The Morgan fingerprint density at radius 3 is 2.16 bits per heavy atom. The molecule has 0 spiro atoms. The van der Waals surface area contributed by atoms with Crippen molar-refractivity contribution in [1.82, 2.24) is 0 Å². The van der Waals surface area contributed by atoms with Crippen molar-refractivity contribution in [2.45, 2.75) is 64.7 Å². The highest BCUT2D eigenvalue weighted by atomic mass is 19.2. The van der Waals surface area contributed by atoms with Crippen LogP contribution in [0.1, 0.15) is 75.8 Å². The predicted molar refractivity (Wildman–Crippen MR) is 148 cm³/mol. The van der Waals surface area contributed by atoms with Gasteiger partial charge in [0.15, 0.2) is 11.6 Å². The molecule has 38 heavy (non-hydrogen) atoms. The highest BCUT2D eigenvalue weighted by Gasteiger charge is 2.24. The van der Waals surface area contributed by atoms with Crippen LogP contribution < -0.4 is 9.47 Å². The van der Waals surface area contributed by atoms with Crippen LogP contribution in [0.15, 0.2) is 60.7 Å². The number of unbranched alkanes of at least 4 members (excludes halogenated alkanes) is 1. The molecule has 1 fully saturated rings. The van der Waals surface area contributed by atoms with Crippen LogP contribution in [0, 0.1) is 23.4 Å². The van der Waals surface area contributed by atoms with E-state index in [2.05, 4.69) is 6.92 Å². The lowest BCUT2D eigenvalue weighted by molar-refractivity contribution is 0.307. The first-order valence-electron chi connectivity index (χ1n) is 13.8. The molecule has 1 saturated carbocycles. The Morgan fingerprint density at radius 2 is 1.47 bits per heavy atom. The summed E-state index contributed by atoms with van der Waals surface area (Å²) in [4.78, 5) is 0. The molecule has 0 unspecified atom stereocenters. The lowest BCUT2D eigenvalue weighted by Gasteiger charge is -2.27. The zero-order chi connectivity index (χ0) is 26.9. The summed E-state index contributed by atoms with van der Waals surface area (Å²) in [6.07, 6.45) is 10.0. The summed E-state index contributed by atoms with van der Waals surface area (Å²) in [6, 6.07) is 15.5. The molecule has 0 aliphatic heterocycles. The van der Waals surface area contributed by atoms with Gasteiger partial charge < -0.3 is 9.47 Å². The second-order valence-electron chi connectivity index (χ2n) is 10.1. The second-order valence-corrected chi connectivity index (χ2v) is 10.1. The van der Waals surface area contributed by atoms with E-state index in [1.807, 2.05) is 25.1 Å². The average Bonchev–Trinajstić information content (AvgIpc) is 2.94. The van der Waals surface area contributed by atoms with E-state index in [0.29, 0.717) is 30.3 Å². The summed E-state index contributed by atoms with van der Waals surface area (Å²) in [5.41, 5.74) is 1.81. The SMILES string of the molecule is CCCCOc1ccc(C2CCC(/C=C/c3ccc(-c4ccc(OCCC)cc4)c(F)c3F)CC2)c(F)c1. The molecule has 0 aromatic heterocycles. The third-order valence-electron chi connectivity index (χ3n) is 7.25. The number of benzene rings is 3. The molecule has 0 atom stereocenters. The Labute approximate surface area is 224 Å². The number of ether oxygens (including phenoxy) is 2. The number of rotatable bonds is 11. The minimum atomic E-state index is -0.851. The second kappa shape index (κ2) is 13.5. The zero-order valence-corrected chi connectivity index (χ0v) is 22.3. The van der Waals surface area contributed by atoms with E-state index in [0.717, 1.165) is 50.5 Å². The quantitative estimate of drug-likeness (QED) is 0.233. The van der Waals surface area contributed by atoms with E-state index in [-0.39, 0.29) is 28.8 Å². The average molecular weight is 523 g/mol. The van der Waals surface area contributed by atoms with Gasteiger partial charge in [0.1, 0.15) is 17.3 Å². The molecule has 0 bridgehead atoms. The minimum Gasteiger partial charge on any atom is -0.494 e. The van der Waals surface area contributed by atoms with Crippen LogP contribution in [-0.4, -0.2) is 13.2 Å². The highest BCUT2D eigenvalue weighted by molar-refractivity contribution is 5.67. The maximum atomic E-state index is 14.9. The smallest absolute Gasteiger partial charge is 0.167 e. The summed E-state index contributed by atoms with van der Waals surface area (Å²) in [5, 5.41) is 0. The molecule has 0 radical (unpaired) electrons. The summed E-state index contributed by atoms with van der Waals surface area (Å²) in [7, 11) is 0. The van der Waals surface area contributed by atoms with Crippen LogP contribution in [0.5, 0.6) is 11.5 Å². The van der Waals surface area contributed by atoms with Crippen LogP contribution in [0.4, 0.5) is 13.2 Å². The first-order chi connectivity index (χ1) is 18.5. The first kappa shape index (κ1) is 27.8. The molecular formula is C33H37F3O2. The van der Waals surface area contributed by atoms with E-state index in [4.69, 9.17) is 9.47 Å². The van der Waals surface area contributed by atoms with Crippen molar-refractivity contribution in [3.05, 3.63) is 89.3 Å². The lowest BCUT2D eigenvalue weighted by Crippen LogP contribution is -2.13. The van der Waals surface area contributed by atoms with Crippen molar-refractivity contribution >= 4 is 6.08 Å². The minimum absolute atomic E-state index is 0.163. The fourth-order valence-corrected chi connectivity index (χ4v) is 4.99. The Bertz CT molecular complexity index is 1210. The Balaban J connectivity index is 1.35. The van der Waals surface area contributed by atoms with Crippen LogP contribution in [0.2, 0.25) is 0 Å². The monoisotopic (exact) mass is 522 g/mol. The Kier molecular flexibility index (Phi) is 9.91. The van der Waals surface area contributed by atoms with Gasteiger partial charge >= 0.3 is 0 Å². The number of hydrogen-bond acceptors (Lipinski definition) is 2. The van der Waals surface area contributed by atoms with E-state index in [1.54, 1.807) is 42.5 Å². The van der Waals surface area contributed by atoms with Crippen molar-refractivity contribution < 1.29 is 22.6 Å². The molecule has 0 heterocycles. The van der Waals surface area contributed by atoms with E-state index in [1.165, 1.54) is 6.07 Å². The van der Waals surface area contributed by atoms with Crippen LogP contribution in [-0.2, 0) is 0 Å². The molecule has 202 valence electrons. The first-order valence-corrected chi connectivity index (χ1v) is 13.8. The van der Waals surface area contributed by atoms with E-state index in [9.17, 15) is 13.2 Å². The number of hydrogen-bond donors (Lipinski definition) is 0. The van der Waals surface area contributed by atoms with Gasteiger partial charge in [-0.2, -0.15) is 0 Å². The van der Waals surface area contributed by atoms with Gasteiger partial charge in [-0.15, -0.1) is 0 Å². The predicted octanol–water partition coefficient (Wildman–Crippen LogP) is 9.73. The fourth-order valence-electron chi connectivity index (χ4n) is 4.99. The fraction of sp³-hybridized carbons (Fsp3) is 0.394. The third-order valence-corrected chi connectivity index (χ3v) is 7.25. The van der Waals surface area contributed by atoms with Gasteiger partial charge in [0.25, 0.3) is 0 Å². The maximum absolute atomic E-state index is 14.9. The highest BCUT2D eigenvalue weighted by Crippen LogP contribution is 2.38. The summed E-state index contributed by atoms with van der Waals surface area (Å²) in [6.45, 7) is 5.33. The normalized spacial score (nSPS) is 17.6. The summed E-state index contributed by atoms with van der Waals surface area (Å²) in [5.74, 6) is -0.201. The Morgan fingerprint density at radius 1 is 0.763 bits per heavy atom. The van der Waals surface area contributed by atoms with Gasteiger partial charge in [-0.3, -0.25) is 0 Å². The molecule has 5 heteroatoms. The van der Waals surface area contributed by atoms with Gasteiger partial charge in [-0.25, -0.2) is 13.2 Å². The molecule has 3 aromatic rings. The zero-order valence-electron chi connectivity index (χ0n) is 22.3. The Hall–Kier alpha value is -3.21. The van der Waals surface area contributed by atoms with Crippen molar-refractivity contribution in [2.75, 3.05) is 13.2 Å². The standard InChI is InChI=1S/C33H37F3O2/c1-3-5-21-38-28-17-19-29(31(34)22-28)24-9-6-23(7-10-24)8-11-26-14-18-30(33(36)32(26)35)25-12-15-27(16-13-25)37-20-4-2/h8,11-19,22-24H,3-7,9-10,20-21H2,1-2H3/b11-8+. The van der Waals surface area contributed by atoms with Gasteiger partial charge in [0.2, 0.25) is 0 Å². The van der Waals surface area contributed by atoms with Crippen molar-refractivity contribution in [3.63, 3.8) is 0 Å². The van der Waals surface area contributed by atoms with E-state index < -0.39 is 11.6 Å². The van der Waals surface area contributed by atoms with Crippen LogP contribution in [0.3, 0.4) is 0 Å². The van der Waals surface area contributed by atoms with Gasteiger partial charge in [-0.05, 0) is 79.7 Å². The van der Waals surface area contributed by atoms with Gasteiger partial charge in [-0.1, -0.05) is 62.8 Å². The van der Waals surface area contributed by atoms with Crippen LogP contribution in [0.25, 0.3) is 17.2 Å². The molecule has 0 saturated heterocycles. The van der Waals surface area contributed by atoms with Crippen molar-refractivity contribution in [2.24, 2.45) is 5.92 Å². The molecule has 4 rings (SSSR count). The maximum Gasteiger partial charge on any atom is 0.167 e. The van der Waals surface area contributed by atoms with Crippen molar-refractivity contribution in [3.8, 4) is 22.6 Å². The molecule has 3 aromatic carbocycles. The molecular weight excluding hydrogens is 485 g/mol. The molecule has 0 amide bonds. The topological polar surface area (TPSA) is 18.5 Å². The summed E-state index contributed by atoms with van der Waals surface area (Å²) >= 11 is 0. The molecule has 1 aliphatic carbocycles. The largest absolute Gasteiger partial charge is 0.494 e. The van der Waals surface area contributed by atoms with Crippen LogP contribution >= 0.6 is 0 Å². The van der Waals surface area contributed by atoms with Gasteiger partial charge in [0, 0.05) is 17.2 Å². The van der Waals surface area contributed by atoms with E-state index >= 15 is 0 Å².